The van der Waals surface area contributed by atoms with E-state index in [0.717, 1.165) is 24.3 Å². The molecule has 5 rings (SSSR count). The highest BCUT2D eigenvalue weighted by Crippen LogP contribution is 2.48. The summed E-state index contributed by atoms with van der Waals surface area (Å²) in [6, 6.07) is 6.43. The maximum atomic E-state index is 14.2. The average Bonchev–Trinajstić information content (AvgIpc) is 3.02. The molecule has 0 aliphatic carbocycles. The van der Waals surface area contributed by atoms with Crippen LogP contribution in [0.3, 0.4) is 0 Å². The number of halogens is 8. The van der Waals surface area contributed by atoms with E-state index in [4.69, 9.17) is 9.47 Å². The maximum Gasteiger partial charge on any atom is 0.416 e. The van der Waals surface area contributed by atoms with Gasteiger partial charge in [0.2, 0.25) is 34.8 Å². The number of ether oxygens (including phenoxy) is 2. The van der Waals surface area contributed by atoms with Crippen molar-refractivity contribution >= 4 is 21.8 Å². The molecule has 0 spiro atoms. The Morgan fingerprint density at radius 1 is 0.900 bits per heavy atom. The Hall–Kier alpha value is -4.34. The van der Waals surface area contributed by atoms with E-state index in [1.807, 2.05) is 0 Å². The van der Waals surface area contributed by atoms with Crippen molar-refractivity contribution in [1.29, 1.82) is 0 Å². The Balaban J connectivity index is 1.56. The Bertz CT molecular complexity index is 1970. The molecule has 16 heteroatoms. The van der Waals surface area contributed by atoms with E-state index in [2.05, 4.69) is 4.18 Å². The van der Waals surface area contributed by atoms with E-state index in [1.54, 1.807) is 40.7 Å². The molecule has 0 N–H and O–H groups in total. The summed E-state index contributed by atoms with van der Waals surface area (Å²) < 4.78 is 153. The van der Waals surface area contributed by atoms with Gasteiger partial charge in [-0.25, -0.2) is 18.0 Å². The lowest BCUT2D eigenvalue weighted by molar-refractivity contribution is -0.137. The molecule has 1 amide bonds. The number of carbonyl (C=O) groups is 1. The molecule has 2 aliphatic rings. The molecule has 0 aromatic heterocycles. The molecule has 0 saturated heterocycles. The first-order valence-electron chi connectivity index (χ1n) is 15.2. The third-order valence-electron chi connectivity index (χ3n) is 8.06. The molecular weight excluding hydrogens is 702 g/mol. The van der Waals surface area contributed by atoms with Crippen molar-refractivity contribution in [2.45, 2.75) is 75.7 Å². The van der Waals surface area contributed by atoms with Crippen LogP contribution in [0.5, 0.6) is 11.5 Å². The fourth-order valence-corrected chi connectivity index (χ4v) is 6.75. The van der Waals surface area contributed by atoms with Gasteiger partial charge < -0.3 is 18.6 Å². The van der Waals surface area contributed by atoms with Gasteiger partial charge in [0.05, 0.1) is 5.56 Å². The summed E-state index contributed by atoms with van der Waals surface area (Å²) in [7, 11) is -5.22. The van der Waals surface area contributed by atoms with Crippen LogP contribution >= 0.6 is 0 Å². The van der Waals surface area contributed by atoms with Crippen molar-refractivity contribution in [3.8, 4) is 11.5 Å². The van der Waals surface area contributed by atoms with E-state index < -0.39 is 84.8 Å². The lowest BCUT2D eigenvalue weighted by Crippen LogP contribution is -2.39. The lowest BCUT2D eigenvalue weighted by atomic mass is 9.76. The van der Waals surface area contributed by atoms with Gasteiger partial charge in [-0.15, -0.1) is 0 Å². The predicted molar refractivity (Wildman–Crippen MR) is 163 cm³/mol. The van der Waals surface area contributed by atoms with Gasteiger partial charge in [-0.2, -0.15) is 30.4 Å². The van der Waals surface area contributed by atoms with Crippen molar-refractivity contribution < 1.29 is 62.0 Å². The number of rotatable bonds is 5. The number of carbonyl (C=O) groups excluding carboxylic acids is 1. The number of nitrogens with zero attached hydrogens (tertiary/aromatic N) is 1. The monoisotopic (exact) mass is 733 g/mol. The molecule has 270 valence electrons. The number of hydrogen-bond acceptors (Lipinski definition) is 6. The summed E-state index contributed by atoms with van der Waals surface area (Å²) >= 11 is 0. The van der Waals surface area contributed by atoms with Crippen molar-refractivity contribution in [3.05, 3.63) is 93.8 Å². The molecule has 2 heterocycles. The standard InChI is InChI=1S/C34H31F8NO6S/c1-32(2,3)48-31(44)43-12-10-17(11-13-43)22-14-18(34(40,41)42)6-8-20(22)23-16-33(4,5)47-24-15-19(7-9-21(23)24)50(45,46)49-30-28(38)26(36)25(35)27(37)29(30)39/h6-10,14-15,23H,11-13,16H2,1-5H3. The van der Waals surface area contributed by atoms with Crippen molar-refractivity contribution in [1.82, 2.24) is 4.90 Å². The minimum absolute atomic E-state index is 0.0695. The second-order valence-corrected chi connectivity index (χ2v) is 15.0. The Morgan fingerprint density at radius 2 is 1.50 bits per heavy atom. The maximum absolute atomic E-state index is 14.2. The van der Waals surface area contributed by atoms with Gasteiger partial charge in [-0.3, -0.25) is 0 Å². The Kier molecular flexibility index (Phi) is 9.43. The zero-order valence-electron chi connectivity index (χ0n) is 27.3. The summed E-state index contributed by atoms with van der Waals surface area (Å²) in [5.74, 6) is -15.1. The number of amides is 1. The quantitative estimate of drug-likeness (QED) is 0.113. The third-order valence-corrected chi connectivity index (χ3v) is 9.27. The van der Waals surface area contributed by atoms with Gasteiger partial charge in [0.15, 0.2) is 0 Å². The molecule has 0 bridgehead atoms. The van der Waals surface area contributed by atoms with Crippen LogP contribution in [0.25, 0.3) is 5.57 Å². The molecule has 3 aromatic carbocycles. The van der Waals surface area contributed by atoms with Crippen LogP contribution in [0.15, 0.2) is 47.4 Å². The Morgan fingerprint density at radius 3 is 2.06 bits per heavy atom. The molecule has 1 atom stereocenters. The number of hydrogen-bond donors (Lipinski definition) is 0. The topological polar surface area (TPSA) is 82.1 Å². The molecule has 0 fully saturated rings. The molecule has 0 saturated carbocycles. The van der Waals surface area contributed by atoms with E-state index in [1.165, 1.54) is 17.0 Å². The number of fused-ring (bicyclic) bond motifs is 1. The highest BCUT2D eigenvalue weighted by atomic mass is 32.2. The predicted octanol–water partition coefficient (Wildman–Crippen LogP) is 8.89. The van der Waals surface area contributed by atoms with Gasteiger partial charge in [-0.05, 0) is 82.4 Å². The van der Waals surface area contributed by atoms with Crippen LogP contribution in [0.4, 0.5) is 39.9 Å². The zero-order valence-corrected chi connectivity index (χ0v) is 28.1. The first-order valence-corrected chi connectivity index (χ1v) is 16.6. The smallest absolute Gasteiger partial charge is 0.416 e. The van der Waals surface area contributed by atoms with Gasteiger partial charge in [0.1, 0.15) is 21.8 Å². The summed E-state index contributed by atoms with van der Waals surface area (Å²) in [6.45, 7) is 8.65. The van der Waals surface area contributed by atoms with E-state index >= 15 is 0 Å². The largest absolute Gasteiger partial charge is 0.487 e. The molecule has 50 heavy (non-hydrogen) atoms. The number of benzene rings is 3. The van der Waals surface area contributed by atoms with E-state index in [9.17, 15) is 48.3 Å². The fourth-order valence-electron chi connectivity index (χ4n) is 5.80. The van der Waals surface area contributed by atoms with E-state index in [-0.39, 0.29) is 37.2 Å². The normalized spacial score (nSPS) is 17.8. The Labute approximate surface area is 282 Å². The van der Waals surface area contributed by atoms with Crippen LogP contribution in [0.2, 0.25) is 0 Å². The van der Waals surface area contributed by atoms with Crippen LogP contribution in [0.1, 0.15) is 75.6 Å². The molecule has 2 aliphatic heterocycles. The molecular formula is C34H31F8NO6S. The van der Waals surface area contributed by atoms with Crippen LogP contribution < -0.4 is 8.92 Å². The molecule has 7 nitrogen and oxygen atoms in total. The van der Waals surface area contributed by atoms with Crippen molar-refractivity contribution in [2.24, 2.45) is 0 Å². The average molecular weight is 734 g/mol. The van der Waals surface area contributed by atoms with Crippen LogP contribution in [-0.4, -0.2) is 43.7 Å². The van der Waals surface area contributed by atoms with Gasteiger partial charge >= 0.3 is 22.4 Å². The summed E-state index contributed by atoms with van der Waals surface area (Å²) in [5, 5.41) is 0. The second kappa shape index (κ2) is 12.8. The van der Waals surface area contributed by atoms with E-state index in [0.29, 0.717) is 16.7 Å². The van der Waals surface area contributed by atoms with Gasteiger partial charge in [0, 0.05) is 30.6 Å². The van der Waals surface area contributed by atoms with Gasteiger partial charge in [0.25, 0.3) is 0 Å². The van der Waals surface area contributed by atoms with Crippen LogP contribution in [0, 0.1) is 29.1 Å². The summed E-state index contributed by atoms with van der Waals surface area (Å²) in [5.41, 5.74) is -1.14. The van der Waals surface area contributed by atoms with Gasteiger partial charge in [-0.1, -0.05) is 18.2 Å². The first-order chi connectivity index (χ1) is 23.0. The zero-order chi connectivity index (χ0) is 37.1. The molecule has 3 aromatic rings. The number of alkyl halides is 3. The summed E-state index contributed by atoms with van der Waals surface area (Å²) in [6.07, 6.45) is -3.21. The fraction of sp³-hybridized carbons (Fsp3) is 0.382. The minimum Gasteiger partial charge on any atom is -0.487 e. The SMILES string of the molecule is CC(C)(C)OC(=O)N1CC=C(c2cc(C(F)(F)F)ccc2C2CC(C)(C)Oc3cc(S(=O)(=O)Oc4c(F)c(F)c(F)c(F)c4F)ccc32)CC1. The second-order valence-electron chi connectivity index (χ2n) is 13.5. The van der Waals surface area contributed by atoms with Crippen LogP contribution in [-0.2, 0) is 21.0 Å². The van der Waals surface area contributed by atoms with Crippen molar-refractivity contribution in [3.63, 3.8) is 0 Å². The lowest BCUT2D eigenvalue weighted by Gasteiger charge is -2.39. The first kappa shape index (κ1) is 36.9. The molecule has 1 unspecified atom stereocenters. The summed E-state index contributed by atoms with van der Waals surface area (Å²) in [4.78, 5) is 13.3. The highest BCUT2D eigenvalue weighted by Gasteiger charge is 2.39. The third kappa shape index (κ3) is 7.39. The molecule has 0 radical (unpaired) electrons. The highest BCUT2D eigenvalue weighted by molar-refractivity contribution is 7.87. The van der Waals surface area contributed by atoms with Crippen molar-refractivity contribution in [2.75, 3.05) is 13.1 Å². The minimum atomic E-state index is -5.22.